The van der Waals surface area contributed by atoms with Gasteiger partial charge in [-0.25, -0.2) is 5.84 Å². The van der Waals surface area contributed by atoms with Gasteiger partial charge in [-0.2, -0.15) is 0 Å². The van der Waals surface area contributed by atoms with Crippen LogP contribution in [0.3, 0.4) is 0 Å². The Morgan fingerprint density at radius 2 is 1.67 bits per heavy atom. The molecule has 4 unspecified atom stereocenters. The van der Waals surface area contributed by atoms with Crippen molar-refractivity contribution < 1.29 is 34.3 Å². The molecular weight excluding hydrogens is 732 g/mol. The maximum atomic E-state index is 12.8. The van der Waals surface area contributed by atoms with E-state index in [9.17, 15) is 39.5 Å². The van der Waals surface area contributed by atoms with Crippen molar-refractivity contribution in [1.29, 1.82) is 0 Å². The molecule has 5 rings (SSSR count). The molecule has 0 aromatic heterocycles. The van der Waals surface area contributed by atoms with Crippen molar-refractivity contribution >= 4 is 40.6 Å². The van der Waals surface area contributed by atoms with Gasteiger partial charge < -0.3 is 42.2 Å². The Morgan fingerprint density at radius 1 is 1.04 bits per heavy atom. The van der Waals surface area contributed by atoms with Crippen molar-refractivity contribution in [2.24, 2.45) is 23.2 Å². The van der Waals surface area contributed by atoms with Crippen molar-refractivity contribution in [2.45, 2.75) is 102 Å². The normalized spacial score (nSPS) is 18.2. The number of nitro benzene ring substituents is 1. The molecule has 57 heavy (non-hydrogen) atoms. The summed E-state index contributed by atoms with van der Waals surface area (Å²) in [4.78, 5) is 58.2. The van der Waals surface area contributed by atoms with E-state index in [1.54, 1.807) is 24.8 Å². The van der Waals surface area contributed by atoms with Crippen LogP contribution in [0.5, 0.6) is 0 Å². The van der Waals surface area contributed by atoms with Gasteiger partial charge in [0.15, 0.2) is 6.10 Å². The van der Waals surface area contributed by atoms with Gasteiger partial charge in [0.1, 0.15) is 5.60 Å². The molecule has 1 aliphatic heterocycles. The lowest BCUT2D eigenvalue weighted by Gasteiger charge is -2.34. The molecule has 2 fully saturated rings. The van der Waals surface area contributed by atoms with E-state index in [-0.39, 0.29) is 42.6 Å². The Bertz CT molecular complexity index is 1840. The number of nitrogens with zero attached hydrogens (tertiary/aromatic N) is 3. The highest BCUT2D eigenvalue weighted by atomic mass is 16.6. The lowest BCUT2D eigenvalue weighted by molar-refractivity contribution is -0.384. The molecule has 1 saturated heterocycles. The van der Waals surface area contributed by atoms with E-state index < -0.39 is 28.6 Å². The Labute approximate surface area is 333 Å². The minimum Gasteiger partial charge on any atom is -0.403 e. The predicted molar refractivity (Wildman–Crippen MR) is 218 cm³/mol. The zero-order valence-electron chi connectivity index (χ0n) is 33.2. The summed E-state index contributed by atoms with van der Waals surface area (Å²) in [5.41, 5.74) is 10.9. The lowest BCUT2D eigenvalue weighted by Crippen LogP contribution is -2.49. The number of carbonyl (C=O) groups excluding carboxylic acids is 4. The van der Waals surface area contributed by atoms with Gasteiger partial charge >= 0.3 is 0 Å². The molecule has 4 amide bonds. The number of non-ortho nitro benzene ring substituents is 1. The molecule has 1 aliphatic carbocycles. The number of aliphatic hydroxyl groups is 2. The smallest absolute Gasteiger partial charge is 0.269 e. The monoisotopic (exact) mass is 790 g/mol. The fourth-order valence-electron chi connectivity index (χ4n) is 6.91. The molecule has 10 N–H and O–H groups in total. The molecule has 1 heterocycles. The third-order valence-corrected chi connectivity index (χ3v) is 10.2. The largest absolute Gasteiger partial charge is 0.403 e. The number of primary amides is 1. The minimum absolute atomic E-state index is 0.0537. The summed E-state index contributed by atoms with van der Waals surface area (Å²) in [6, 6.07) is 17.7. The third-order valence-electron chi connectivity index (χ3n) is 10.2. The number of likely N-dealkylation sites (tertiary alicyclic amines) is 1. The van der Waals surface area contributed by atoms with Crippen molar-refractivity contribution in [2.75, 3.05) is 13.1 Å². The number of nitrogens with two attached hydrogens (primary N) is 3. The summed E-state index contributed by atoms with van der Waals surface area (Å²) >= 11 is 0. The van der Waals surface area contributed by atoms with E-state index in [0.29, 0.717) is 36.2 Å². The zero-order chi connectivity index (χ0) is 42.3. The molecule has 16 nitrogen and oxygen atoms in total. The SMILES string of the molecule is CC1CC(N(N)/C(=C\N)C(C)(C)O)CN1C(=O)CNC(=O)c1ccc2ccccc2c1.CC1CCCCC1.NC(=O)C(O)C(Cc1ccc([N+](=O)[O-])cc1)NC=O. The van der Waals surface area contributed by atoms with E-state index >= 15 is 0 Å². The highest BCUT2D eigenvalue weighted by Crippen LogP contribution is 2.27. The molecule has 4 atom stereocenters. The van der Waals surface area contributed by atoms with Gasteiger partial charge in [0.05, 0.1) is 29.2 Å². The van der Waals surface area contributed by atoms with E-state index in [1.807, 2.05) is 43.3 Å². The molecule has 0 bridgehead atoms. The Morgan fingerprint density at radius 3 is 2.19 bits per heavy atom. The molecule has 0 spiro atoms. The topological polar surface area (TPSA) is 260 Å². The van der Waals surface area contributed by atoms with Gasteiger partial charge in [0.25, 0.3) is 11.6 Å². The van der Waals surface area contributed by atoms with Crippen LogP contribution in [0.15, 0.2) is 78.6 Å². The summed E-state index contributed by atoms with van der Waals surface area (Å²) in [7, 11) is 0. The number of hydrogen-bond acceptors (Lipinski definition) is 11. The number of fused-ring (bicyclic) bond motifs is 1. The molecule has 310 valence electrons. The van der Waals surface area contributed by atoms with Crippen LogP contribution in [0.2, 0.25) is 0 Å². The second-order valence-electron chi connectivity index (χ2n) is 15.2. The third kappa shape index (κ3) is 13.8. The number of carbonyl (C=O) groups is 4. The summed E-state index contributed by atoms with van der Waals surface area (Å²) in [6.45, 7) is 7.80. The van der Waals surface area contributed by atoms with Crippen molar-refractivity contribution in [3.05, 3.63) is 99.9 Å². The van der Waals surface area contributed by atoms with Crippen LogP contribution in [-0.4, -0.2) is 92.1 Å². The first-order chi connectivity index (χ1) is 27.0. The quantitative estimate of drug-likeness (QED) is 0.0573. The number of nitrogens with one attached hydrogen (secondary N) is 2. The van der Waals surface area contributed by atoms with Crippen molar-refractivity contribution in [1.82, 2.24) is 20.5 Å². The Hall–Kier alpha value is -5.58. The summed E-state index contributed by atoms with van der Waals surface area (Å²) in [5.74, 6) is 5.81. The van der Waals surface area contributed by atoms with E-state index in [4.69, 9.17) is 17.3 Å². The lowest BCUT2D eigenvalue weighted by atomic mass is 9.91. The maximum Gasteiger partial charge on any atom is 0.269 e. The highest BCUT2D eigenvalue weighted by Gasteiger charge is 2.38. The van der Waals surface area contributed by atoms with E-state index in [1.165, 1.54) is 67.6 Å². The summed E-state index contributed by atoms with van der Waals surface area (Å²) < 4.78 is 0. The number of hydrogen-bond donors (Lipinski definition) is 7. The fraction of sp³-hybridized carbons (Fsp3) is 0.463. The van der Waals surface area contributed by atoms with Crippen LogP contribution >= 0.6 is 0 Å². The van der Waals surface area contributed by atoms with Crippen LogP contribution in [0.25, 0.3) is 10.8 Å². The van der Waals surface area contributed by atoms with Gasteiger partial charge in [-0.15, -0.1) is 0 Å². The van der Waals surface area contributed by atoms with Gasteiger partial charge in [-0.1, -0.05) is 81.5 Å². The van der Waals surface area contributed by atoms with Crippen LogP contribution in [-0.2, 0) is 20.8 Å². The number of amides is 4. The first-order valence-electron chi connectivity index (χ1n) is 19.1. The summed E-state index contributed by atoms with van der Waals surface area (Å²) in [6.07, 6.45) is 8.31. The van der Waals surface area contributed by atoms with Gasteiger partial charge in [-0.3, -0.25) is 29.3 Å². The molecule has 3 aromatic carbocycles. The van der Waals surface area contributed by atoms with Crippen molar-refractivity contribution in [3.8, 4) is 0 Å². The van der Waals surface area contributed by atoms with E-state index in [2.05, 4.69) is 17.6 Å². The minimum atomic E-state index is -1.53. The molecule has 16 heteroatoms. The van der Waals surface area contributed by atoms with Crippen LogP contribution < -0.4 is 27.9 Å². The number of rotatable bonds is 13. The standard InChI is InChI=1S/C23H31N5O3.C11H13N3O5.C7H14/c1-15-10-19(28(25)20(12-24)23(2,3)31)14-27(15)21(29)13-26-22(30)18-9-8-16-6-4-5-7-17(16)11-18;12-11(17)10(16)9(13-6-15)5-7-1-3-8(4-2-7)14(18)19;1-7-5-3-2-4-6-7/h4-9,11-12,15,19,31H,10,13-14,24-25H2,1-3H3,(H,26,30);1-4,6,9-10,16H,5H2,(H2,12,17)(H,13,15);7H,2-6H2,1H3/b20-12-;;. The van der Waals surface area contributed by atoms with Crippen molar-refractivity contribution in [3.63, 3.8) is 0 Å². The number of nitro groups is 1. The Kier molecular flexibility index (Phi) is 17.4. The molecule has 3 aromatic rings. The van der Waals surface area contributed by atoms with Gasteiger partial charge in [-0.05, 0) is 68.0 Å². The average molecular weight is 791 g/mol. The zero-order valence-corrected chi connectivity index (χ0v) is 33.2. The fourth-order valence-corrected chi connectivity index (χ4v) is 6.91. The molecule has 1 saturated carbocycles. The van der Waals surface area contributed by atoms with Crippen LogP contribution in [0, 0.1) is 16.0 Å². The summed E-state index contributed by atoms with van der Waals surface area (Å²) in [5, 5.41) is 38.7. The number of aliphatic hydroxyl groups excluding tert-OH is 1. The second kappa shape index (κ2) is 21.6. The van der Waals surface area contributed by atoms with E-state index in [0.717, 1.165) is 16.7 Å². The average Bonchev–Trinajstić information content (AvgIpc) is 3.58. The maximum absolute atomic E-state index is 12.8. The van der Waals surface area contributed by atoms with Crippen LogP contribution in [0.1, 0.15) is 82.1 Å². The highest BCUT2D eigenvalue weighted by molar-refractivity contribution is 6.00. The first-order valence-corrected chi connectivity index (χ1v) is 19.1. The number of benzene rings is 3. The Balaban J connectivity index is 0.000000282. The van der Waals surface area contributed by atoms with Gasteiger partial charge in [0, 0.05) is 36.5 Å². The van der Waals surface area contributed by atoms with Gasteiger partial charge in [0.2, 0.25) is 18.2 Å². The first kappa shape index (κ1) is 45.8. The molecule has 0 radical (unpaired) electrons. The predicted octanol–water partition coefficient (Wildman–Crippen LogP) is 2.99. The molecule has 2 aliphatic rings. The molecular formula is C41H58N8O8. The van der Waals surface area contributed by atoms with Crippen LogP contribution in [0.4, 0.5) is 5.69 Å². The number of hydrazine groups is 1. The second-order valence-corrected chi connectivity index (χ2v) is 15.2.